The fraction of sp³-hybridized carbons (Fsp3) is 0.125. The van der Waals surface area contributed by atoms with E-state index in [0.717, 1.165) is 24.2 Å². The highest BCUT2D eigenvalue weighted by Crippen LogP contribution is 2.34. The summed E-state index contributed by atoms with van der Waals surface area (Å²) < 4.78 is 0. The molecular weight excluding hydrogens is 815 g/mol. The van der Waals surface area contributed by atoms with Gasteiger partial charge >= 0.3 is 0 Å². The highest BCUT2D eigenvalue weighted by molar-refractivity contribution is 7.16. The molecule has 9 aromatic rings. The van der Waals surface area contributed by atoms with Gasteiger partial charge in [0.1, 0.15) is 0 Å². The van der Waals surface area contributed by atoms with E-state index in [2.05, 4.69) is 252 Å². The standard InChI is InChI=1S/C22H19NS.3C13H12.C3H8/c1-3-7-17(8-4-1)21-15-16-22(24-21)18-11-13-20(14-12-18)23-19-9-5-2-6-10-19;3*1-11-7-9-13(10-8-11)12-5-3-2-4-6-12;1-3-2/h2-3,5-16,23H,1,4H2;3*2-10H,1H3;3H2,1-2H3. The third-order valence-electron chi connectivity index (χ3n) is 10.6. The molecule has 330 valence electrons. The molecule has 0 bridgehead atoms. The average Bonchev–Trinajstić information content (AvgIpc) is 3.88. The van der Waals surface area contributed by atoms with Gasteiger partial charge in [-0.05, 0) is 115 Å². The summed E-state index contributed by atoms with van der Waals surface area (Å²) in [6.45, 7) is 10.6. The lowest BCUT2D eigenvalue weighted by Crippen LogP contribution is -1.88. The van der Waals surface area contributed by atoms with Gasteiger partial charge in [0.25, 0.3) is 0 Å². The maximum Gasteiger partial charge on any atom is 0.0384 e. The number of para-hydroxylation sites is 1. The van der Waals surface area contributed by atoms with Crippen molar-refractivity contribution in [1.82, 2.24) is 0 Å². The van der Waals surface area contributed by atoms with Crippen molar-refractivity contribution >= 4 is 28.3 Å². The van der Waals surface area contributed by atoms with Crippen LogP contribution in [0.25, 0.3) is 49.4 Å². The lowest BCUT2D eigenvalue weighted by Gasteiger charge is -2.07. The van der Waals surface area contributed by atoms with Gasteiger partial charge in [0, 0.05) is 21.1 Å². The summed E-state index contributed by atoms with van der Waals surface area (Å²) in [5.41, 5.74) is 16.5. The first-order valence-electron chi connectivity index (χ1n) is 23.1. The topological polar surface area (TPSA) is 12.0 Å². The number of hydrogen-bond donors (Lipinski definition) is 1. The largest absolute Gasteiger partial charge is 0.356 e. The fourth-order valence-corrected chi connectivity index (χ4v) is 8.01. The Morgan fingerprint density at radius 2 is 0.682 bits per heavy atom. The summed E-state index contributed by atoms with van der Waals surface area (Å²) in [7, 11) is 0. The van der Waals surface area contributed by atoms with Crippen LogP contribution in [0.2, 0.25) is 0 Å². The van der Waals surface area contributed by atoms with Gasteiger partial charge in [-0.2, -0.15) is 0 Å². The Morgan fingerprint density at radius 3 is 1.06 bits per heavy atom. The van der Waals surface area contributed by atoms with Crippen LogP contribution in [-0.4, -0.2) is 0 Å². The Hall–Kier alpha value is -7.26. The van der Waals surface area contributed by atoms with Crippen LogP contribution < -0.4 is 5.32 Å². The second-order valence-electron chi connectivity index (χ2n) is 16.3. The summed E-state index contributed by atoms with van der Waals surface area (Å²) in [5.74, 6) is 0. The number of benzene rings is 8. The molecule has 0 fully saturated rings. The number of thiophene rings is 1. The summed E-state index contributed by atoms with van der Waals surface area (Å²) >= 11 is 1.86. The third kappa shape index (κ3) is 15.8. The van der Waals surface area contributed by atoms with E-state index in [9.17, 15) is 0 Å². The molecule has 1 aromatic heterocycles. The molecule has 1 aliphatic carbocycles. The molecule has 0 spiro atoms. The van der Waals surface area contributed by atoms with Crippen LogP contribution in [0.5, 0.6) is 0 Å². The highest BCUT2D eigenvalue weighted by Gasteiger charge is 2.07. The van der Waals surface area contributed by atoms with Crippen molar-refractivity contribution in [3.63, 3.8) is 0 Å². The molecule has 0 saturated heterocycles. The summed E-state index contributed by atoms with van der Waals surface area (Å²) in [5, 5.41) is 3.42. The van der Waals surface area contributed by atoms with Gasteiger partial charge in [-0.25, -0.2) is 0 Å². The molecule has 2 heteroatoms. The molecule has 0 saturated carbocycles. The van der Waals surface area contributed by atoms with E-state index in [4.69, 9.17) is 0 Å². The summed E-state index contributed by atoms with van der Waals surface area (Å²) in [6.07, 6.45) is 10.4. The number of anilines is 2. The lowest BCUT2D eigenvalue weighted by molar-refractivity contribution is 1.04. The van der Waals surface area contributed by atoms with Crippen molar-refractivity contribution in [3.05, 3.63) is 270 Å². The first kappa shape index (κ1) is 48.2. The van der Waals surface area contributed by atoms with Crippen molar-refractivity contribution in [1.29, 1.82) is 0 Å². The molecule has 66 heavy (non-hydrogen) atoms. The van der Waals surface area contributed by atoms with Crippen LogP contribution >= 0.6 is 11.3 Å². The SMILES string of the molecule is C1=CC(c2ccc(-c3ccc(Nc4ccccc4)cc3)s2)=CCC1.CCC.Cc1ccc(-c2ccccc2)cc1.Cc1ccc(-c2ccccc2)cc1.Cc1ccc(-c2ccccc2)cc1. The smallest absolute Gasteiger partial charge is 0.0384 e. The lowest BCUT2D eigenvalue weighted by atomic mass is 10.0. The van der Waals surface area contributed by atoms with Crippen molar-refractivity contribution in [3.8, 4) is 43.8 Å². The van der Waals surface area contributed by atoms with E-state index in [1.807, 2.05) is 47.7 Å². The number of nitrogens with one attached hydrogen (secondary N) is 1. The number of hydrogen-bond acceptors (Lipinski definition) is 2. The summed E-state index contributed by atoms with van der Waals surface area (Å²) in [4.78, 5) is 2.67. The van der Waals surface area contributed by atoms with Gasteiger partial charge in [-0.15, -0.1) is 11.3 Å². The molecule has 0 atom stereocenters. The van der Waals surface area contributed by atoms with E-state index < -0.39 is 0 Å². The molecule has 10 rings (SSSR count). The molecular formula is C64H63NS. The van der Waals surface area contributed by atoms with Crippen LogP contribution in [0, 0.1) is 20.8 Å². The van der Waals surface area contributed by atoms with Gasteiger partial charge < -0.3 is 5.32 Å². The molecule has 0 radical (unpaired) electrons. The minimum atomic E-state index is 1.11. The molecule has 1 nitrogen and oxygen atoms in total. The molecule has 0 aliphatic heterocycles. The maximum absolute atomic E-state index is 3.42. The van der Waals surface area contributed by atoms with E-state index in [0.29, 0.717) is 0 Å². The van der Waals surface area contributed by atoms with Crippen LogP contribution in [-0.2, 0) is 0 Å². The van der Waals surface area contributed by atoms with Crippen LogP contribution in [0.1, 0.15) is 54.7 Å². The predicted octanol–water partition coefficient (Wildman–Crippen LogP) is 19.3. The Morgan fingerprint density at radius 1 is 0.348 bits per heavy atom. The zero-order chi connectivity index (χ0) is 46.2. The zero-order valence-corrected chi connectivity index (χ0v) is 40.0. The molecule has 1 heterocycles. The monoisotopic (exact) mass is 877 g/mol. The first-order chi connectivity index (χ1) is 32.4. The van der Waals surface area contributed by atoms with Gasteiger partial charge in [0.2, 0.25) is 0 Å². The van der Waals surface area contributed by atoms with Crippen molar-refractivity contribution in [2.75, 3.05) is 5.32 Å². The average molecular weight is 878 g/mol. The molecule has 0 unspecified atom stereocenters. The minimum Gasteiger partial charge on any atom is -0.356 e. The Balaban J connectivity index is 0.000000149. The number of rotatable bonds is 7. The minimum absolute atomic E-state index is 1.11. The summed E-state index contributed by atoms with van der Waals surface area (Å²) in [6, 6.07) is 80.4. The molecule has 8 aromatic carbocycles. The van der Waals surface area contributed by atoms with Crippen LogP contribution in [0.3, 0.4) is 0 Å². The van der Waals surface area contributed by atoms with Gasteiger partial charge in [-0.3, -0.25) is 0 Å². The quantitative estimate of drug-likeness (QED) is 0.168. The second kappa shape index (κ2) is 26.5. The number of aryl methyl sites for hydroxylation is 3. The second-order valence-corrected chi connectivity index (χ2v) is 17.4. The van der Waals surface area contributed by atoms with Crippen molar-refractivity contribution in [2.45, 2.75) is 53.9 Å². The van der Waals surface area contributed by atoms with E-state index in [1.54, 1.807) is 0 Å². The first-order valence-corrected chi connectivity index (χ1v) is 24.0. The van der Waals surface area contributed by atoms with Crippen LogP contribution in [0.15, 0.2) is 249 Å². The zero-order valence-electron chi connectivity index (χ0n) is 39.2. The van der Waals surface area contributed by atoms with Gasteiger partial charge in [0.05, 0.1) is 0 Å². The molecule has 1 N–H and O–H groups in total. The van der Waals surface area contributed by atoms with Gasteiger partial charge in [0.15, 0.2) is 0 Å². The third-order valence-corrected chi connectivity index (χ3v) is 11.8. The normalized spacial score (nSPS) is 11.1. The van der Waals surface area contributed by atoms with Crippen molar-refractivity contribution < 1.29 is 0 Å². The van der Waals surface area contributed by atoms with E-state index in [-0.39, 0.29) is 0 Å². The fourth-order valence-electron chi connectivity index (χ4n) is 6.98. The molecule has 0 amide bonds. The number of allylic oxidation sites excluding steroid dienone is 4. The van der Waals surface area contributed by atoms with Crippen molar-refractivity contribution in [2.24, 2.45) is 0 Å². The Kier molecular flexibility index (Phi) is 19.4. The van der Waals surface area contributed by atoms with Gasteiger partial charge in [-0.1, -0.05) is 249 Å². The Labute approximate surface area is 399 Å². The van der Waals surface area contributed by atoms with Crippen LogP contribution in [0.4, 0.5) is 11.4 Å². The van der Waals surface area contributed by atoms with E-state index >= 15 is 0 Å². The highest BCUT2D eigenvalue weighted by atomic mass is 32.1. The van der Waals surface area contributed by atoms with E-state index in [1.165, 1.54) is 77.4 Å². The maximum atomic E-state index is 3.42. The Bertz CT molecular complexity index is 2570. The predicted molar refractivity (Wildman–Crippen MR) is 292 cm³/mol. The molecule has 1 aliphatic rings.